The Balaban J connectivity index is 1.55. The number of hydrogen-bond donors (Lipinski definition) is 2. The normalized spacial score (nSPS) is 17.1. The van der Waals surface area contributed by atoms with E-state index in [1.54, 1.807) is 9.80 Å². The van der Waals surface area contributed by atoms with Gasteiger partial charge in [-0.1, -0.05) is 36.4 Å². The third-order valence-electron chi connectivity index (χ3n) is 4.23. The number of carbonyl (C=O) groups excluding carboxylic acids is 2. The zero-order valence-corrected chi connectivity index (χ0v) is 14.2. The molecule has 1 heterocycles. The number of nitrogens with zero attached hydrogens (tertiary/aromatic N) is 2. The number of nitrogens with one attached hydrogen (secondary N) is 2. The maximum Gasteiger partial charge on any atom is 0.322 e. The van der Waals surface area contributed by atoms with Gasteiger partial charge < -0.3 is 20.4 Å². The predicted molar refractivity (Wildman–Crippen MR) is 98.7 cm³/mol. The molecule has 2 N–H and O–H groups in total. The van der Waals surface area contributed by atoms with Crippen LogP contribution < -0.4 is 10.6 Å². The first kappa shape index (κ1) is 16.8. The molecule has 0 spiro atoms. The van der Waals surface area contributed by atoms with Crippen LogP contribution in [0.3, 0.4) is 0 Å². The summed E-state index contributed by atoms with van der Waals surface area (Å²) in [6.07, 6.45) is 0. The molecule has 6 heteroatoms. The van der Waals surface area contributed by atoms with Crippen LogP contribution in [-0.4, -0.2) is 47.5 Å². The molecule has 2 aromatic carbocycles. The van der Waals surface area contributed by atoms with Gasteiger partial charge in [-0.2, -0.15) is 0 Å². The quantitative estimate of drug-likeness (QED) is 0.881. The van der Waals surface area contributed by atoms with Crippen molar-refractivity contribution in [2.75, 3.05) is 30.3 Å². The van der Waals surface area contributed by atoms with Crippen molar-refractivity contribution < 1.29 is 9.59 Å². The molecule has 25 heavy (non-hydrogen) atoms. The summed E-state index contributed by atoms with van der Waals surface area (Å²) in [6.45, 7) is 3.46. The van der Waals surface area contributed by atoms with Gasteiger partial charge in [0.2, 0.25) is 0 Å². The molecule has 1 aliphatic rings. The fourth-order valence-electron chi connectivity index (χ4n) is 2.88. The summed E-state index contributed by atoms with van der Waals surface area (Å²) in [5.74, 6) is 0. The Bertz CT molecular complexity index is 721. The zero-order valence-electron chi connectivity index (χ0n) is 14.2. The summed E-state index contributed by atoms with van der Waals surface area (Å²) < 4.78 is 0. The van der Waals surface area contributed by atoms with Crippen LogP contribution in [0.5, 0.6) is 0 Å². The molecule has 0 bridgehead atoms. The Hall–Kier alpha value is -3.02. The maximum absolute atomic E-state index is 12.4. The predicted octanol–water partition coefficient (Wildman–Crippen LogP) is 3.46. The SMILES string of the molecule is CC1CN(C(=O)Nc2ccccc2)CCN1C(=O)Nc1ccccc1. The molecule has 0 radical (unpaired) electrons. The third kappa shape index (κ3) is 4.29. The maximum atomic E-state index is 12.4. The second kappa shape index (κ2) is 7.70. The molecule has 6 nitrogen and oxygen atoms in total. The second-order valence-corrected chi connectivity index (χ2v) is 6.08. The van der Waals surface area contributed by atoms with E-state index in [1.165, 1.54) is 0 Å². The number of piperazine rings is 1. The van der Waals surface area contributed by atoms with Crippen LogP contribution in [0, 0.1) is 0 Å². The lowest BCUT2D eigenvalue weighted by atomic mass is 10.2. The fraction of sp³-hybridized carbons (Fsp3) is 0.263. The highest BCUT2D eigenvalue weighted by molar-refractivity contribution is 5.91. The summed E-state index contributed by atoms with van der Waals surface area (Å²) >= 11 is 0. The highest BCUT2D eigenvalue weighted by atomic mass is 16.2. The Morgan fingerprint density at radius 1 is 0.840 bits per heavy atom. The Labute approximate surface area is 147 Å². The van der Waals surface area contributed by atoms with Gasteiger partial charge in [0.25, 0.3) is 0 Å². The topological polar surface area (TPSA) is 64.7 Å². The summed E-state index contributed by atoms with van der Waals surface area (Å²) in [6, 6.07) is 18.4. The fourth-order valence-corrected chi connectivity index (χ4v) is 2.88. The monoisotopic (exact) mass is 338 g/mol. The van der Waals surface area contributed by atoms with Crippen molar-refractivity contribution in [3.8, 4) is 0 Å². The molecule has 0 aliphatic carbocycles. The van der Waals surface area contributed by atoms with Crippen molar-refractivity contribution in [1.29, 1.82) is 0 Å². The Morgan fingerprint density at radius 2 is 1.36 bits per heavy atom. The molecule has 0 aromatic heterocycles. The smallest absolute Gasteiger partial charge is 0.321 e. The van der Waals surface area contributed by atoms with E-state index in [-0.39, 0.29) is 18.1 Å². The highest BCUT2D eigenvalue weighted by Crippen LogP contribution is 2.15. The molecular formula is C19H22N4O2. The van der Waals surface area contributed by atoms with E-state index in [1.807, 2.05) is 67.6 Å². The van der Waals surface area contributed by atoms with Crippen molar-refractivity contribution in [2.45, 2.75) is 13.0 Å². The average molecular weight is 338 g/mol. The molecule has 1 aliphatic heterocycles. The van der Waals surface area contributed by atoms with Crippen LogP contribution in [0.1, 0.15) is 6.92 Å². The molecule has 0 saturated carbocycles. The van der Waals surface area contributed by atoms with Gasteiger partial charge in [0.05, 0.1) is 0 Å². The lowest BCUT2D eigenvalue weighted by molar-refractivity contribution is 0.124. The Morgan fingerprint density at radius 3 is 1.88 bits per heavy atom. The number of carbonyl (C=O) groups is 2. The molecule has 1 unspecified atom stereocenters. The number of hydrogen-bond acceptors (Lipinski definition) is 2. The van der Waals surface area contributed by atoms with Gasteiger partial charge in [0, 0.05) is 37.1 Å². The molecule has 3 rings (SSSR count). The average Bonchev–Trinajstić information content (AvgIpc) is 2.63. The van der Waals surface area contributed by atoms with E-state index in [4.69, 9.17) is 0 Å². The molecule has 1 atom stereocenters. The molecule has 4 amide bonds. The van der Waals surface area contributed by atoms with E-state index in [9.17, 15) is 9.59 Å². The molecule has 2 aromatic rings. The minimum Gasteiger partial charge on any atom is -0.321 e. The number of anilines is 2. The number of amides is 4. The highest BCUT2D eigenvalue weighted by Gasteiger charge is 2.29. The Kier molecular flexibility index (Phi) is 5.18. The minimum absolute atomic E-state index is 0.0565. The van der Waals surface area contributed by atoms with Gasteiger partial charge in [-0.3, -0.25) is 0 Å². The molecule has 1 saturated heterocycles. The van der Waals surface area contributed by atoms with Crippen LogP contribution in [0.15, 0.2) is 60.7 Å². The lowest BCUT2D eigenvalue weighted by Gasteiger charge is -2.39. The van der Waals surface area contributed by atoms with Gasteiger partial charge in [-0.15, -0.1) is 0 Å². The van der Waals surface area contributed by atoms with E-state index >= 15 is 0 Å². The standard InChI is InChI=1S/C19H22N4O2/c1-15-14-22(18(24)20-16-8-4-2-5-9-16)12-13-23(15)19(25)21-17-10-6-3-7-11-17/h2-11,15H,12-14H2,1H3,(H,20,24)(H,21,25). The van der Waals surface area contributed by atoms with Crippen LogP contribution in [0.4, 0.5) is 21.0 Å². The van der Waals surface area contributed by atoms with Crippen molar-refractivity contribution in [3.05, 3.63) is 60.7 Å². The number of para-hydroxylation sites is 2. The zero-order chi connectivity index (χ0) is 17.6. The third-order valence-corrected chi connectivity index (χ3v) is 4.23. The van der Waals surface area contributed by atoms with Crippen LogP contribution in [0.25, 0.3) is 0 Å². The van der Waals surface area contributed by atoms with Gasteiger partial charge in [0.1, 0.15) is 0 Å². The first-order valence-corrected chi connectivity index (χ1v) is 8.37. The van der Waals surface area contributed by atoms with Crippen molar-refractivity contribution in [2.24, 2.45) is 0 Å². The number of rotatable bonds is 2. The number of benzene rings is 2. The summed E-state index contributed by atoms with van der Waals surface area (Å²) in [4.78, 5) is 28.3. The lowest BCUT2D eigenvalue weighted by Crippen LogP contribution is -2.57. The summed E-state index contributed by atoms with van der Waals surface area (Å²) in [5.41, 5.74) is 1.54. The second-order valence-electron chi connectivity index (χ2n) is 6.08. The van der Waals surface area contributed by atoms with Crippen LogP contribution in [-0.2, 0) is 0 Å². The van der Waals surface area contributed by atoms with Crippen molar-refractivity contribution in [1.82, 2.24) is 9.80 Å². The summed E-state index contributed by atoms with van der Waals surface area (Å²) in [7, 11) is 0. The van der Waals surface area contributed by atoms with E-state index in [0.717, 1.165) is 11.4 Å². The molecule has 130 valence electrons. The largest absolute Gasteiger partial charge is 0.322 e. The first-order chi connectivity index (χ1) is 12.1. The van der Waals surface area contributed by atoms with Gasteiger partial charge in [0.15, 0.2) is 0 Å². The molecule has 1 fully saturated rings. The minimum atomic E-state index is -0.138. The van der Waals surface area contributed by atoms with Gasteiger partial charge >= 0.3 is 12.1 Å². The van der Waals surface area contributed by atoms with Gasteiger partial charge in [-0.25, -0.2) is 9.59 Å². The van der Waals surface area contributed by atoms with Crippen molar-refractivity contribution in [3.63, 3.8) is 0 Å². The van der Waals surface area contributed by atoms with E-state index in [0.29, 0.717) is 19.6 Å². The van der Waals surface area contributed by atoms with Crippen LogP contribution in [0.2, 0.25) is 0 Å². The first-order valence-electron chi connectivity index (χ1n) is 8.37. The van der Waals surface area contributed by atoms with Crippen molar-refractivity contribution >= 4 is 23.4 Å². The van der Waals surface area contributed by atoms with Crippen LogP contribution >= 0.6 is 0 Å². The van der Waals surface area contributed by atoms with E-state index < -0.39 is 0 Å². The summed E-state index contributed by atoms with van der Waals surface area (Å²) in [5, 5.41) is 5.78. The van der Waals surface area contributed by atoms with E-state index in [2.05, 4.69) is 10.6 Å². The molecular weight excluding hydrogens is 316 g/mol. The number of urea groups is 2. The van der Waals surface area contributed by atoms with Gasteiger partial charge in [-0.05, 0) is 31.2 Å².